The van der Waals surface area contributed by atoms with Crippen LogP contribution < -0.4 is 5.32 Å². The second kappa shape index (κ2) is 9.47. The van der Waals surface area contributed by atoms with E-state index < -0.39 is 27.9 Å². The molecule has 3 heterocycles. The van der Waals surface area contributed by atoms with Gasteiger partial charge in [-0.15, -0.1) is 11.3 Å². The summed E-state index contributed by atoms with van der Waals surface area (Å²) in [5.41, 5.74) is 1.99. The van der Waals surface area contributed by atoms with Crippen molar-refractivity contribution < 1.29 is 27.5 Å². The Labute approximate surface area is 202 Å². The maximum Gasteiger partial charge on any atom is 0.341 e. The van der Waals surface area contributed by atoms with Crippen molar-refractivity contribution in [2.75, 3.05) is 25.5 Å². The molecule has 34 heavy (non-hydrogen) atoms. The molecule has 2 aliphatic heterocycles. The van der Waals surface area contributed by atoms with Gasteiger partial charge in [-0.2, -0.15) is 4.31 Å². The van der Waals surface area contributed by atoms with Crippen LogP contribution in [-0.4, -0.2) is 61.6 Å². The fraction of sp³-hybridized carbons (Fsp3) is 0.435. The summed E-state index contributed by atoms with van der Waals surface area (Å²) in [5.74, 6) is -1.12. The molecule has 1 aromatic heterocycles. The van der Waals surface area contributed by atoms with Crippen LogP contribution in [0.1, 0.15) is 46.1 Å². The summed E-state index contributed by atoms with van der Waals surface area (Å²) in [6.45, 7) is 4.43. The first-order valence-corrected chi connectivity index (χ1v) is 13.3. The molecular formula is C23H27N3O6S2. The van der Waals surface area contributed by atoms with Gasteiger partial charge >= 0.3 is 5.97 Å². The zero-order valence-electron chi connectivity index (χ0n) is 19.3. The van der Waals surface area contributed by atoms with Crippen LogP contribution in [0.15, 0.2) is 29.2 Å². The number of nitrogens with zero attached hydrogens (tertiary/aromatic N) is 2. The average Bonchev–Trinajstić information content (AvgIpc) is 3.43. The predicted octanol–water partition coefficient (Wildman–Crippen LogP) is 2.54. The number of amides is 2. The molecule has 0 spiro atoms. The SMILES string of the molecule is COC(=O)c1c(NC(=O)C2CCCN2S(=O)(=O)c2ccc(C)cc2)sc2c1CCN(C(C)=O)C2. The molecule has 1 fully saturated rings. The van der Waals surface area contributed by atoms with Crippen LogP contribution in [0.2, 0.25) is 0 Å². The molecule has 1 N–H and O–H groups in total. The average molecular weight is 506 g/mol. The lowest BCUT2D eigenvalue weighted by molar-refractivity contribution is -0.129. The van der Waals surface area contributed by atoms with Gasteiger partial charge in [0.1, 0.15) is 11.0 Å². The minimum atomic E-state index is -3.85. The summed E-state index contributed by atoms with van der Waals surface area (Å²) >= 11 is 1.23. The fourth-order valence-corrected chi connectivity index (χ4v) is 7.32. The molecule has 0 aliphatic carbocycles. The Hall–Kier alpha value is -2.76. The zero-order valence-corrected chi connectivity index (χ0v) is 20.9. The Kier molecular flexibility index (Phi) is 6.79. The van der Waals surface area contributed by atoms with Crippen molar-refractivity contribution >= 4 is 44.1 Å². The number of anilines is 1. The molecule has 1 aromatic carbocycles. The van der Waals surface area contributed by atoms with Gasteiger partial charge in [0.15, 0.2) is 0 Å². The summed E-state index contributed by atoms with van der Waals surface area (Å²) in [6, 6.07) is 5.65. The third-order valence-corrected chi connectivity index (χ3v) is 9.32. The first-order valence-electron chi connectivity index (χ1n) is 11.0. The van der Waals surface area contributed by atoms with E-state index in [0.717, 1.165) is 16.0 Å². The van der Waals surface area contributed by atoms with E-state index in [0.29, 0.717) is 37.4 Å². The highest BCUT2D eigenvalue weighted by molar-refractivity contribution is 7.89. The molecule has 9 nitrogen and oxygen atoms in total. The quantitative estimate of drug-likeness (QED) is 0.625. The summed E-state index contributed by atoms with van der Waals surface area (Å²) in [6.07, 6.45) is 1.41. The van der Waals surface area contributed by atoms with Gasteiger partial charge in [0.2, 0.25) is 21.8 Å². The van der Waals surface area contributed by atoms with Crippen LogP contribution in [0.4, 0.5) is 5.00 Å². The van der Waals surface area contributed by atoms with Crippen LogP contribution in [-0.2, 0) is 37.3 Å². The third-order valence-electron chi connectivity index (χ3n) is 6.26. The fourth-order valence-electron chi connectivity index (χ4n) is 4.41. The van der Waals surface area contributed by atoms with Gasteiger partial charge in [-0.3, -0.25) is 9.59 Å². The molecule has 2 aromatic rings. The normalized spacial score (nSPS) is 18.4. The molecule has 182 valence electrons. The van der Waals surface area contributed by atoms with E-state index in [4.69, 9.17) is 4.74 Å². The van der Waals surface area contributed by atoms with Crippen LogP contribution in [0, 0.1) is 6.92 Å². The van der Waals surface area contributed by atoms with E-state index in [1.807, 2.05) is 6.92 Å². The summed E-state index contributed by atoms with van der Waals surface area (Å²) in [5, 5.41) is 3.13. The number of carbonyl (C=O) groups excluding carboxylic acids is 3. The minimum absolute atomic E-state index is 0.0628. The van der Waals surface area contributed by atoms with Crippen molar-refractivity contribution in [2.45, 2.75) is 50.6 Å². The van der Waals surface area contributed by atoms with Crippen molar-refractivity contribution in [3.8, 4) is 0 Å². The molecule has 2 aliphatic rings. The maximum atomic E-state index is 13.3. The van der Waals surface area contributed by atoms with Crippen molar-refractivity contribution in [1.29, 1.82) is 0 Å². The largest absolute Gasteiger partial charge is 0.465 e. The van der Waals surface area contributed by atoms with Crippen LogP contribution in [0.5, 0.6) is 0 Å². The molecular weight excluding hydrogens is 478 g/mol. The van der Waals surface area contributed by atoms with E-state index in [9.17, 15) is 22.8 Å². The second-order valence-corrected chi connectivity index (χ2v) is 11.5. The van der Waals surface area contributed by atoms with E-state index in [-0.39, 0.29) is 22.9 Å². The minimum Gasteiger partial charge on any atom is -0.465 e. The number of rotatable bonds is 5. The summed E-state index contributed by atoms with van der Waals surface area (Å²) < 4.78 is 32.6. The third kappa shape index (κ3) is 4.47. The van der Waals surface area contributed by atoms with Crippen molar-refractivity contribution in [1.82, 2.24) is 9.21 Å². The second-order valence-electron chi connectivity index (χ2n) is 8.47. The van der Waals surface area contributed by atoms with Gasteiger partial charge < -0.3 is 15.0 Å². The van der Waals surface area contributed by atoms with E-state index in [1.54, 1.807) is 29.2 Å². The van der Waals surface area contributed by atoms with Crippen LogP contribution in [0.3, 0.4) is 0 Å². The van der Waals surface area contributed by atoms with Gasteiger partial charge in [-0.1, -0.05) is 17.7 Å². The first kappa shape index (κ1) is 24.4. The van der Waals surface area contributed by atoms with E-state index in [2.05, 4.69) is 5.32 Å². The molecule has 11 heteroatoms. The lowest BCUT2D eigenvalue weighted by atomic mass is 10.0. The monoisotopic (exact) mass is 505 g/mol. The van der Waals surface area contributed by atoms with Gasteiger partial charge in [0, 0.05) is 24.9 Å². The smallest absolute Gasteiger partial charge is 0.341 e. The molecule has 4 rings (SSSR count). The predicted molar refractivity (Wildman–Crippen MR) is 127 cm³/mol. The molecule has 0 bridgehead atoms. The number of sulfonamides is 1. The number of carbonyl (C=O) groups is 3. The topological polar surface area (TPSA) is 113 Å². The van der Waals surface area contributed by atoms with E-state index >= 15 is 0 Å². The van der Waals surface area contributed by atoms with Gasteiger partial charge in [0.05, 0.1) is 24.1 Å². The Balaban J connectivity index is 1.61. The van der Waals surface area contributed by atoms with Crippen LogP contribution >= 0.6 is 11.3 Å². The molecule has 1 unspecified atom stereocenters. The Morgan fingerprint density at radius 2 is 1.85 bits per heavy atom. The Morgan fingerprint density at radius 3 is 2.50 bits per heavy atom. The number of fused-ring (bicyclic) bond motifs is 1. The number of thiophene rings is 1. The lowest BCUT2D eigenvalue weighted by Gasteiger charge is -2.25. The molecule has 0 saturated carbocycles. The van der Waals surface area contributed by atoms with E-state index in [1.165, 1.54) is 29.7 Å². The van der Waals surface area contributed by atoms with Gasteiger partial charge in [-0.05, 0) is 43.9 Å². The van der Waals surface area contributed by atoms with Crippen molar-refractivity contribution in [2.24, 2.45) is 0 Å². The molecule has 0 radical (unpaired) electrons. The van der Waals surface area contributed by atoms with Crippen LogP contribution in [0.25, 0.3) is 0 Å². The molecule has 1 saturated heterocycles. The standard InChI is InChI=1S/C23H27N3O6S2/c1-14-6-8-16(9-7-14)34(30,31)26-11-4-5-18(26)21(28)24-22-20(23(29)32-3)17-10-12-25(15(2)27)13-19(17)33-22/h6-9,18H,4-5,10-13H2,1-3H3,(H,24,28). The summed E-state index contributed by atoms with van der Waals surface area (Å²) in [7, 11) is -2.58. The first-order chi connectivity index (χ1) is 16.1. The number of aryl methyl sites for hydroxylation is 1. The molecule has 1 atom stereocenters. The highest BCUT2D eigenvalue weighted by Crippen LogP contribution is 2.38. The number of nitrogens with one attached hydrogen (secondary N) is 1. The lowest BCUT2D eigenvalue weighted by Crippen LogP contribution is -2.43. The zero-order chi connectivity index (χ0) is 24.6. The highest BCUT2D eigenvalue weighted by atomic mass is 32.2. The summed E-state index contributed by atoms with van der Waals surface area (Å²) in [4.78, 5) is 40.3. The number of esters is 1. The van der Waals surface area contributed by atoms with Crippen molar-refractivity contribution in [3.05, 3.63) is 45.8 Å². The Morgan fingerprint density at radius 1 is 1.15 bits per heavy atom. The maximum absolute atomic E-state index is 13.3. The van der Waals surface area contributed by atoms with Gasteiger partial charge in [-0.25, -0.2) is 13.2 Å². The number of benzene rings is 1. The number of ether oxygens (including phenoxy) is 1. The Bertz CT molecular complexity index is 1240. The van der Waals surface area contributed by atoms with Gasteiger partial charge in [0.25, 0.3) is 0 Å². The highest BCUT2D eigenvalue weighted by Gasteiger charge is 2.40. The number of hydrogen-bond donors (Lipinski definition) is 1. The van der Waals surface area contributed by atoms with Crippen molar-refractivity contribution in [3.63, 3.8) is 0 Å². The molecule has 2 amide bonds. The number of methoxy groups -OCH3 is 1. The number of hydrogen-bond acceptors (Lipinski definition) is 7.